The van der Waals surface area contributed by atoms with E-state index in [1.807, 2.05) is 18.2 Å². The van der Waals surface area contributed by atoms with Crippen molar-refractivity contribution in [1.82, 2.24) is 14.5 Å². The molecule has 3 rings (SSSR count). The Labute approximate surface area is 178 Å². The molecule has 2 aromatic heterocycles. The summed E-state index contributed by atoms with van der Waals surface area (Å²) in [7, 11) is 0. The van der Waals surface area contributed by atoms with Crippen molar-refractivity contribution < 1.29 is 4.92 Å². The quantitative estimate of drug-likeness (QED) is 0.244. The highest BCUT2D eigenvalue weighted by Gasteiger charge is 2.21. The molecule has 30 heavy (non-hydrogen) atoms. The molecule has 0 radical (unpaired) electrons. The Balaban J connectivity index is 2.09. The maximum atomic E-state index is 11.2. The molecule has 3 aromatic rings. The van der Waals surface area contributed by atoms with Gasteiger partial charge in [-0.2, -0.15) is 0 Å². The minimum Gasteiger partial charge on any atom is -0.370 e. The van der Waals surface area contributed by atoms with Gasteiger partial charge < -0.3 is 16.0 Å². The van der Waals surface area contributed by atoms with Crippen LogP contribution in [0.1, 0.15) is 36.8 Å². The first-order chi connectivity index (χ1) is 14.3. The molecule has 0 bridgehead atoms. The van der Waals surface area contributed by atoms with Crippen LogP contribution in [0.4, 0.5) is 5.69 Å². The molecule has 0 saturated carbocycles. The maximum absolute atomic E-state index is 11.2. The van der Waals surface area contributed by atoms with Crippen LogP contribution in [0.25, 0.3) is 0 Å². The summed E-state index contributed by atoms with van der Waals surface area (Å²) in [5.74, 6) is 0.854. The molecule has 0 aliphatic rings. The standard InChI is InChI=1S/C20H23N7O2S/c1-13(2)18-19(30-16-5-3-4-15(10-16)27(28)29)26(12-14-6-8-23-9-7-14)17(25-18)11-24-20(21)22/h3-10,13H,11-12H2,1-2H3,(H4,21,22,24). The summed E-state index contributed by atoms with van der Waals surface area (Å²) in [6, 6.07) is 10.4. The van der Waals surface area contributed by atoms with Crippen LogP contribution in [-0.4, -0.2) is 25.4 Å². The fourth-order valence-electron chi connectivity index (χ4n) is 2.87. The average molecular weight is 426 g/mol. The molecule has 0 aliphatic carbocycles. The van der Waals surface area contributed by atoms with Crippen molar-refractivity contribution in [2.75, 3.05) is 0 Å². The predicted octanol–water partition coefficient (Wildman–Crippen LogP) is 3.28. The molecule has 0 fully saturated rings. The van der Waals surface area contributed by atoms with Crippen LogP contribution in [0.15, 0.2) is 63.7 Å². The van der Waals surface area contributed by atoms with Crippen molar-refractivity contribution in [2.24, 2.45) is 16.5 Å². The third-order valence-electron chi connectivity index (χ3n) is 4.31. The highest BCUT2D eigenvalue weighted by Crippen LogP contribution is 2.36. The molecular formula is C20H23N7O2S. The lowest BCUT2D eigenvalue weighted by atomic mass is 10.1. The van der Waals surface area contributed by atoms with Gasteiger partial charge in [0.25, 0.3) is 5.69 Å². The van der Waals surface area contributed by atoms with Gasteiger partial charge in [-0.25, -0.2) is 9.98 Å². The smallest absolute Gasteiger partial charge is 0.270 e. The molecule has 0 amide bonds. The van der Waals surface area contributed by atoms with Crippen molar-refractivity contribution in [1.29, 1.82) is 0 Å². The topological polar surface area (TPSA) is 138 Å². The minimum atomic E-state index is -0.397. The Morgan fingerprint density at radius 3 is 2.63 bits per heavy atom. The number of nitro groups is 1. The maximum Gasteiger partial charge on any atom is 0.270 e. The summed E-state index contributed by atoms with van der Waals surface area (Å²) in [6.45, 7) is 4.90. The lowest BCUT2D eigenvalue weighted by molar-refractivity contribution is -0.385. The number of aromatic nitrogens is 3. The number of hydrogen-bond donors (Lipinski definition) is 2. The van der Waals surface area contributed by atoms with Gasteiger partial charge in [-0.3, -0.25) is 15.1 Å². The molecule has 156 valence electrons. The fourth-order valence-corrected chi connectivity index (χ4v) is 4.09. The molecule has 0 atom stereocenters. The average Bonchev–Trinajstić information content (AvgIpc) is 3.05. The molecule has 9 nitrogen and oxygen atoms in total. The first kappa shape index (κ1) is 21.3. The molecule has 0 aliphatic heterocycles. The van der Waals surface area contributed by atoms with E-state index >= 15 is 0 Å². The van der Waals surface area contributed by atoms with Crippen molar-refractivity contribution >= 4 is 23.4 Å². The Morgan fingerprint density at radius 1 is 1.27 bits per heavy atom. The first-order valence-electron chi connectivity index (χ1n) is 9.31. The number of pyridine rings is 1. The number of nitro benzene ring substituents is 1. The molecule has 1 aromatic carbocycles. The molecule has 10 heteroatoms. The van der Waals surface area contributed by atoms with Gasteiger partial charge in [0, 0.05) is 36.0 Å². The molecule has 0 unspecified atom stereocenters. The number of aliphatic imine (C=N–C) groups is 1. The van der Waals surface area contributed by atoms with E-state index in [2.05, 4.69) is 28.4 Å². The van der Waals surface area contributed by atoms with Gasteiger partial charge in [0.2, 0.25) is 0 Å². The van der Waals surface area contributed by atoms with Crippen molar-refractivity contribution in [2.45, 2.75) is 42.8 Å². The van der Waals surface area contributed by atoms with Crippen LogP contribution in [0, 0.1) is 10.1 Å². The summed E-state index contributed by atoms with van der Waals surface area (Å²) >= 11 is 1.44. The second-order valence-electron chi connectivity index (χ2n) is 6.91. The van der Waals surface area contributed by atoms with Crippen molar-refractivity contribution in [3.8, 4) is 0 Å². The van der Waals surface area contributed by atoms with E-state index in [0.29, 0.717) is 6.54 Å². The second-order valence-corrected chi connectivity index (χ2v) is 7.97. The lowest BCUT2D eigenvalue weighted by Gasteiger charge is -2.13. The summed E-state index contributed by atoms with van der Waals surface area (Å²) in [5, 5.41) is 12.1. The molecular weight excluding hydrogens is 402 g/mol. The van der Waals surface area contributed by atoms with Crippen molar-refractivity contribution in [3.63, 3.8) is 0 Å². The van der Waals surface area contributed by atoms with E-state index in [9.17, 15) is 10.1 Å². The van der Waals surface area contributed by atoms with E-state index in [4.69, 9.17) is 16.5 Å². The van der Waals surface area contributed by atoms with E-state index in [1.165, 1.54) is 17.8 Å². The number of benzene rings is 1. The number of rotatable bonds is 8. The van der Waals surface area contributed by atoms with E-state index in [-0.39, 0.29) is 24.1 Å². The number of nitrogens with zero attached hydrogens (tertiary/aromatic N) is 5. The summed E-state index contributed by atoms with van der Waals surface area (Å²) in [6.07, 6.45) is 3.47. The monoisotopic (exact) mass is 425 g/mol. The molecule has 4 N–H and O–H groups in total. The first-order valence-corrected chi connectivity index (χ1v) is 10.1. The number of hydrogen-bond acceptors (Lipinski definition) is 6. The zero-order chi connectivity index (χ0) is 21.7. The van der Waals surface area contributed by atoms with Gasteiger partial charge in [0.1, 0.15) is 17.4 Å². The third kappa shape index (κ3) is 5.15. The van der Waals surface area contributed by atoms with Gasteiger partial charge in [-0.1, -0.05) is 31.7 Å². The van der Waals surface area contributed by atoms with Crippen LogP contribution in [0.2, 0.25) is 0 Å². The van der Waals surface area contributed by atoms with E-state index in [0.717, 1.165) is 27.0 Å². The zero-order valence-corrected chi connectivity index (χ0v) is 17.5. The Bertz CT molecular complexity index is 1060. The van der Waals surface area contributed by atoms with Gasteiger partial charge in [-0.05, 0) is 29.7 Å². The zero-order valence-electron chi connectivity index (χ0n) is 16.7. The van der Waals surface area contributed by atoms with Crippen LogP contribution < -0.4 is 11.5 Å². The van der Waals surface area contributed by atoms with E-state index in [1.54, 1.807) is 24.5 Å². The van der Waals surface area contributed by atoms with Crippen LogP contribution in [0.5, 0.6) is 0 Å². The number of imidazole rings is 1. The van der Waals surface area contributed by atoms with Crippen LogP contribution >= 0.6 is 11.8 Å². The SMILES string of the molecule is CC(C)c1nc(CN=C(N)N)n(Cc2ccncc2)c1Sc1cccc([N+](=O)[O-])c1. The van der Waals surface area contributed by atoms with Gasteiger partial charge in [0.05, 0.1) is 10.6 Å². The number of nitrogens with two attached hydrogens (primary N) is 2. The third-order valence-corrected chi connectivity index (χ3v) is 5.42. The normalized spacial score (nSPS) is 10.9. The van der Waals surface area contributed by atoms with E-state index < -0.39 is 4.92 Å². The van der Waals surface area contributed by atoms with Crippen molar-refractivity contribution in [3.05, 3.63) is 76.0 Å². The highest BCUT2D eigenvalue weighted by molar-refractivity contribution is 7.99. The number of non-ortho nitro benzene ring substituents is 1. The van der Waals surface area contributed by atoms with Gasteiger partial charge >= 0.3 is 0 Å². The summed E-state index contributed by atoms with van der Waals surface area (Å²) in [4.78, 5) is 24.5. The molecule has 2 heterocycles. The molecule has 0 saturated heterocycles. The fraction of sp³-hybridized carbons (Fsp3) is 0.250. The van der Waals surface area contributed by atoms with Crippen LogP contribution in [0.3, 0.4) is 0 Å². The largest absolute Gasteiger partial charge is 0.370 e. The van der Waals surface area contributed by atoms with Crippen LogP contribution in [-0.2, 0) is 13.1 Å². The minimum absolute atomic E-state index is 0.00700. The predicted molar refractivity (Wildman–Crippen MR) is 116 cm³/mol. The Kier molecular flexibility index (Phi) is 6.68. The van der Waals surface area contributed by atoms with Gasteiger partial charge in [-0.15, -0.1) is 0 Å². The number of guanidine groups is 1. The Morgan fingerprint density at radius 2 is 2.00 bits per heavy atom. The van der Waals surface area contributed by atoms with Gasteiger partial charge in [0.15, 0.2) is 5.96 Å². The molecule has 0 spiro atoms. The lowest BCUT2D eigenvalue weighted by Crippen LogP contribution is -2.23. The highest BCUT2D eigenvalue weighted by atomic mass is 32.2. The second kappa shape index (κ2) is 9.40. The summed E-state index contributed by atoms with van der Waals surface area (Å²) < 4.78 is 2.06. The Hall–Kier alpha value is -3.40. The summed E-state index contributed by atoms with van der Waals surface area (Å²) in [5.41, 5.74) is 13.0.